The number of anilines is 1. The Balaban J connectivity index is 2.29. The fraction of sp³-hybridized carbons (Fsp3) is 0.133. The molecule has 0 saturated carbocycles. The van der Waals surface area contributed by atoms with Crippen LogP contribution in [0.15, 0.2) is 46.9 Å². The molecule has 4 heteroatoms. The number of carbonyl (C=O) groups is 1. The van der Waals surface area contributed by atoms with Crippen LogP contribution in [0.3, 0.4) is 0 Å². The summed E-state index contributed by atoms with van der Waals surface area (Å²) in [5.41, 5.74) is 2.24. The number of hydrogen-bond donors (Lipinski definition) is 1. The third-order valence-corrected chi connectivity index (χ3v) is 3.29. The van der Waals surface area contributed by atoms with Gasteiger partial charge in [0.2, 0.25) is 0 Å². The molecule has 1 amide bonds. The van der Waals surface area contributed by atoms with Crippen LogP contribution in [-0.4, -0.2) is 13.0 Å². The van der Waals surface area contributed by atoms with Gasteiger partial charge in [0.15, 0.2) is 0 Å². The maximum atomic E-state index is 12.2. The lowest BCUT2D eigenvalue weighted by molar-refractivity contribution is 0.102. The molecule has 0 bridgehead atoms. The summed E-state index contributed by atoms with van der Waals surface area (Å²) >= 11 is 3.38. The first-order chi connectivity index (χ1) is 9.11. The van der Waals surface area contributed by atoms with E-state index < -0.39 is 0 Å². The number of carbonyl (C=O) groups excluding carboxylic acids is 1. The topological polar surface area (TPSA) is 38.3 Å². The van der Waals surface area contributed by atoms with Crippen molar-refractivity contribution in [3.05, 3.63) is 58.1 Å². The summed E-state index contributed by atoms with van der Waals surface area (Å²) in [4.78, 5) is 12.2. The lowest BCUT2D eigenvalue weighted by atomic mass is 10.1. The molecule has 0 aliphatic heterocycles. The lowest BCUT2D eigenvalue weighted by Crippen LogP contribution is -2.13. The summed E-state index contributed by atoms with van der Waals surface area (Å²) in [6.07, 6.45) is 0. The first kappa shape index (κ1) is 13.6. The van der Waals surface area contributed by atoms with E-state index in [0.717, 1.165) is 10.0 Å². The Morgan fingerprint density at radius 1 is 1.21 bits per heavy atom. The largest absolute Gasteiger partial charge is 0.495 e. The lowest BCUT2D eigenvalue weighted by Gasteiger charge is -2.11. The fourth-order valence-electron chi connectivity index (χ4n) is 1.80. The van der Waals surface area contributed by atoms with Gasteiger partial charge in [0.05, 0.1) is 12.8 Å². The Hall–Kier alpha value is -1.81. The third-order valence-electron chi connectivity index (χ3n) is 2.80. The van der Waals surface area contributed by atoms with E-state index in [1.807, 2.05) is 37.3 Å². The second-order valence-corrected chi connectivity index (χ2v) is 5.03. The van der Waals surface area contributed by atoms with Gasteiger partial charge >= 0.3 is 0 Å². The van der Waals surface area contributed by atoms with E-state index >= 15 is 0 Å². The number of aryl methyl sites for hydroxylation is 1. The minimum absolute atomic E-state index is 0.144. The van der Waals surface area contributed by atoms with Crippen molar-refractivity contribution in [1.29, 1.82) is 0 Å². The SMILES string of the molecule is COc1ccc(Br)cc1NC(=O)c1ccccc1C. The minimum atomic E-state index is -0.144. The summed E-state index contributed by atoms with van der Waals surface area (Å²) in [6.45, 7) is 1.91. The Morgan fingerprint density at radius 2 is 1.95 bits per heavy atom. The number of rotatable bonds is 3. The monoisotopic (exact) mass is 319 g/mol. The molecule has 3 nitrogen and oxygen atoms in total. The Morgan fingerprint density at radius 3 is 2.63 bits per heavy atom. The van der Waals surface area contributed by atoms with Crippen LogP contribution in [0.25, 0.3) is 0 Å². The number of nitrogens with one attached hydrogen (secondary N) is 1. The van der Waals surface area contributed by atoms with Crippen LogP contribution in [0.2, 0.25) is 0 Å². The molecule has 0 heterocycles. The van der Waals surface area contributed by atoms with Gasteiger partial charge in [0.1, 0.15) is 5.75 Å². The fourth-order valence-corrected chi connectivity index (χ4v) is 2.16. The van der Waals surface area contributed by atoms with Crippen molar-refractivity contribution in [3.8, 4) is 5.75 Å². The smallest absolute Gasteiger partial charge is 0.256 e. The van der Waals surface area contributed by atoms with Gasteiger partial charge in [-0.2, -0.15) is 0 Å². The molecule has 98 valence electrons. The molecule has 0 aliphatic rings. The van der Waals surface area contributed by atoms with Crippen molar-refractivity contribution in [2.24, 2.45) is 0 Å². The van der Waals surface area contributed by atoms with E-state index in [9.17, 15) is 4.79 Å². The molecule has 1 N–H and O–H groups in total. The molecular weight excluding hydrogens is 306 g/mol. The number of amides is 1. The highest BCUT2D eigenvalue weighted by Gasteiger charge is 2.11. The standard InChI is InChI=1S/C15H14BrNO2/c1-10-5-3-4-6-12(10)15(18)17-13-9-11(16)7-8-14(13)19-2/h3-9H,1-2H3,(H,17,18). The van der Waals surface area contributed by atoms with Crippen molar-refractivity contribution < 1.29 is 9.53 Å². The molecular formula is C15H14BrNO2. The van der Waals surface area contributed by atoms with Crippen LogP contribution in [0.5, 0.6) is 5.75 Å². The third kappa shape index (κ3) is 3.15. The molecule has 0 spiro atoms. The average Bonchev–Trinajstić information content (AvgIpc) is 2.39. The molecule has 2 aromatic rings. The highest BCUT2D eigenvalue weighted by atomic mass is 79.9. The zero-order chi connectivity index (χ0) is 13.8. The average molecular weight is 320 g/mol. The molecule has 0 radical (unpaired) electrons. The van der Waals surface area contributed by atoms with Crippen molar-refractivity contribution in [3.63, 3.8) is 0 Å². The Bertz CT molecular complexity index is 611. The van der Waals surface area contributed by atoms with Crippen LogP contribution in [-0.2, 0) is 0 Å². The predicted octanol–water partition coefficient (Wildman–Crippen LogP) is 4.02. The molecule has 0 saturated heterocycles. The van der Waals surface area contributed by atoms with E-state index in [-0.39, 0.29) is 5.91 Å². The highest BCUT2D eigenvalue weighted by molar-refractivity contribution is 9.10. The maximum absolute atomic E-state index is 12.2. The first-order valence-electron chi connectivity index (χ1n) is 5.82. The second kappa shape index (κ2) is 5.89. The summed E-state index contributed by atoms with van der Waals surface area (Å²) in [6, 6.07) is 12.9. The number of ether oxygens (including phenoxy) is 1. The van der Waals surface area contributed by atoms with Crippen LogP contribution in [0.1, 0.15) is 15.9 Å². The number of methoxy groups -OCH3 is 1. The quantitative estimate of drug-likeness (QED) is 0.928. The Labute approximate surface area is 120 Å². The highest BCUT2D eigenvalue weighted by Crippen LogP contribution is 2.28. The van der Waals surface area contributed by atoms with Gasteiger partial charge in [-0.25, -0.2) is 0 Å². The number of hydrogen-bond acceptors (Lipinski definition) is 2. The molecule has 0 unspecified atom stereocenters. The van der Waals surface area contributed by atoms with Crippen LogP contribution >= 0.6 is 15.9 Å². The van der Waals surface area contributed by atoms with E-state index in [1.165, 1.54) is 0 Å². The normalized spacial score (nSPS) is 10.1. The summed E-state index contributed by atoms with van der Waals surface area (Å²) in [5, 5.41) is 2.87. The second-order valence-electron chi connectivity index (χ2n) is 4.11. The van der Waals surface area contributed by atoms with E-state index in [2.05, 4.69) is 21.2 Å². The van der Waals surface area contributed by atoms with Gasteiger partial charge in [0, 0.05) is 10.0 Å². The molecule has 0 aromatic heterocycles. The van der Waals surface area contributed by atoms with Gasteiger partial charge in [-0.1, -0.05) is 34.1 Å². The summed E-state index contributed by atoms with van der Waals surface area (Å²) in [5.74, 6) is 0.486. The molecule has 2 rings (SSSR count). The zero-order valence-electron chi connectivity index (χ0n) is 10.7. The molecule has 2 aromatic carbocycles. The van der Waals surface area contributed by atoms with Crippen molar-refractivity contribution in [2.75, 3.05) is 12.4 Å². The predicted molar refractivity (Wildman–Crippen MR) is 79.8 cm³/mol. The Kier molecular flexibility index (Phi) is 4.22. The van der Waals surface area contributed by atoms with E-state index in [1.54, 1.807) is 19.2 Å². The van der Waals surface area contributed by atoms with Crippen molar-refractivity contribution in [1.82, 2.24) is 0 Å². The minimum Gasteiger partial charge on any atom is -0.495 e. The van der Waals surface area contributed by atoms with Gasteiger partial charge in [-0.15, -0.1) is 0 Å². The van der Waals surface area contributed by atoms with E-state index in [4.69, 9.17) is 4.74 Å². The van der Waals surface area contributed by atoms with E-state index in [0.29, 0.717) is 17.0 Å². The van der Waals surface area contributed by atoms with Gasteiger partial charge < -0.3 is 10.1 Å². The molecule has 0 aliphatic carbocycles. The van der Waals surface area contributed by atoms with Gasteiger partial charge in [-0.05, 0) is 36.8 Å². The van der Waals surface area contributed by atoms with Crippen molar-refractivity contribution >= 4 is 27.5 Å². The summed E-state index contributed by atoms with van der Waals surface area (Å²) in [7, 11) is 1.58. The molecule has 0 atom stereocenters. The summed E-state index contributed by atoms with van der Waals surface area (Å²) < 4.78 is 6.11. The number of benzene rings is 2. The van der Waals surface area contributed by atoms with Crippen LogP contribution in [0.4, 0.5) is 5.69 Å². The van der Waals surface area contributed by atoms with Crippen LogP contribution in [0, 0.1) is 6.92 Å². The van der Waals surface area contributed by atoms with Crippen molar-refractivity contribution in [2.45, 2.75) is 6.92 Å². The zero-order valence-corrected chi connectivity index (χ0v) is 12.3. The van der Waals surface area contributed by atoms with Gasteiger partial charge in [0.25, 0.3) is 5.91 Å². The maximum Gasteiger partial charge on any atom is 0.256 e. The molecule has 0 fully saturated rings. The first-order valence-corrected chi connectivity index (χ1v) is 6.61. The number of halogens is 1. The van der Waals surface area contributed by atoms with Gasteiger partial charge in [-0.3, -0.25) is 4.79 Å². The molecule has 19 heavy (non-hydrogen) atoms. The van der Waals surface area contributed by atoms with Crippen LogP contribution < -0.4 is 10.1 Å².